The van der Waals surface area contributed by atoms with Gasteiger partial charge >= 0.3 is 5.97 Å². The zero-order valence-corrected chi connectivity index (χ0v) is 12.9. The third kappa shape index (κ3) is 3.85. The first-order valence-electron chi connectivity index (χ1n) is 7.08. The molecule has 2 rings (SSSR count). The van der Waals surface area contributed by atoms with Crippen LogP contribution >= 0.6 is 0 Å². The lowest BCUT2D eigenvalue weighted by Crippen LogP contribution is -2.29. The first-order chi connectivity index (χ1) is 10.4. The first kappa shape index (κ1) is 16.0. The lowest BCUT2D eigenvalue weighted by Gasteiger charge is -2.18. The van der Waals surface area contributed by atoms with Crippen molar-refractivity contribution in [2.75, 3.05) is 0 Å². The molecule has 3 nitrogen and oxygen atoms in total. The highest BCUT2D eigenvalue weighted by Gasteiger charge is 2.21. The highest BCUT2D eigenvalue weighted by Crippen LogP contribution is 2.25. The van der Waals surface area contributed by atoms with Crippen LogP contribution in [0.5, 0.6) is 5.75 Å². The Morgan fingerprint density at radius 3 is 2.41 bits per heavy atom. The molecule has 2 aromatic rings. The van der Waals surface area contributed by atoms with Gasteiger partial charge in [0.05, 0.1) is 0 Å². The Hall–Kier alpha value is -2.36. The molecular weight excluding hydrogens is 283 g/mol. The summed E-state index contributed by atoms with van der Waals surface area (Å²) in [6.45, 7) is 5.81. The van der Waals surface area contributed by atoms with Gasteiger partial charge in [0.1, 0.15) is 11.6 Å². The maximum absolute atomic E-state index is 12.9. The van der Waals surface area contributed by atoms with Crippen molar-refractivity contribution >= 4 is 5.97 Å². The second-order valence-corrected chi connectivity index (χ2v) is 5.48. The van der Waals surface area contributed by atoms with Crippen LogP contribution in [-0.2, 0) is 11.2 Å². The van der Waals surface area contributed by atoms with E-state index in [0.29, 0.717) is 5.75 Å². The smallest absolute Gasteiger partial charge is 0.345 e. The van der Waals surface area contributed by atoms with Crippen molar-refractivity contribution in [3.05, 3.63) is 64.5 Å². The zero-order valence-electron chi connectivity index (χ0n) is 12.9. The van der Waals surface area contributed by atoms with Gasteiger partial charge in [-0.05, 0) is 61.2 Å². The summed E-state index contributed by atoms with van der Waals surface area (Å²) in [6, 6.07) is 9.64. The van der Waals surface area contributed by atoms with Crippen molar-refractivity contribution in [3.63, 3.8) is 0 Å². The van der Waals surface area contributed by atoms with Crippen LogP contribution in [0.2, 0.25) is 0 Å². The number of hydrogen-bond acceptors (Lipinski definition) is 2. The molecule has 0 aliphatic carbocycles. The highest BCUT2D eigenvalue weighted by molar-refractivity contribution is 5.73. The molecule has 0 saturated heterocycles. The number of benzene rings is 2. The van der Waals surface area contributed by atoms with Crippen LogP contribution in [0.3, 0.4) is 0 Å². The fraction of sp³-hybridized carbons (Fsp3) is 0.278. The van der Waals surface area contributed by atoms with E-state index in [1.165, 1.54) is 12.1 Å². The molecule has 0 aliphatic rings. The predicted octanol–water partition coefficient (Wildman–Crippen LogP) is 3.83. The molecule has 4 heteroatoms. The molecule has 0 spiro atoms. The van der Waals surface area contributed by atoms with Crippen molar-refractivity contribution < 1.29 is 19.0 Å². The van der Waals surface area contributed by atoms with Crippen LogP contribution in [0.15, 0.2) is 36.4 Å². The van der Waals surface area contributed by atoms with Crippen molar-refractivity contribution in [2.45, 2.75) is 33.3 Å². The summed E-state index contributed by atoms with van der Waals surface area (Å²) in [4.78, 5) is 11.5. The van der Waals surface area contributed by atoms with E-state index in [4.69, 9.17) is 4.74 Å². The number of rotatable bonds is 5. The Kier molecular flexibility index (Phi) is 4.81. The molecule has 1 atom stereocenters. The summed E-state index contributed by atoms with van der Waals surface area (Å²) in [5.74, 6) is -0.809. The van der Waals surface area contributed by atoms with Crippen LogP contribution in [0, 0.1) is 26.6 Å². The molecule has 0 unspecified atom stereocenters. The summed E-state index contributed by atoms with van der Waals surface area (Å²) < 4.78 is 18.6. The highest BCUT2D eigenvalue weighted by atomic mass is 19.1. The largest absolute Gasteiger partial charge is 0.478 e. The summed E-state index contributed by atoms with van der Waals surface area (Å²) in [5, 5.41) is 9.38. The minimum absolute atomic E-state index is 0.183. The van der Waals surface area contributed by atoms with Gasteiger partial charge in [-0.25, -0.2) is 9.18 Å². The molecule has 22 heavy (non-hydrogen) atoms. The quantitative estimate of drug-likeness (QED) is 0.913. The zero-order chi connectivity index (χ0) is 16.3. The third-order valence-electron chi connectivity index (χ3n) is 3.64. The third-order valence-corrected chi connectivity index (χ3v) is 3.64. The van der Waals surface area contributed by atoms with E-state index in [1.807, 2.05) is 32.9 Å². The first-order valence-corrected chi connectivity index (χ1v) is 7.08. The average Bonchev–Trinajstić information content (AvgIpc) is 2.45. The van der Waals surface area contributed by atoms with E-state index in [-0.39, 0.29) is 12.2 Å². The Bertz CT molecular complexity index is 677. The second-order valence-electron chi connectivity index (χ2n) is 5.48. The summed E-state index contributed by atoms with van der Waals surface area (Å²) >= 11 is 0. The fourth-order valence-corrected chi connectivity index (χ4v) is 2.29. The summed E-state index contributed by atoms with van der Waals surface area (Å²) in [5.41, 5.74) is 3.72. The van der Waals surface area contributed by atoms with Gasteiger partial charge in [-0.15, -0.1) is 0 Å². The average molecular weight is 302 g/mol. The standard InChI is InChI=1S/C18H19FO3/c1-11-8-12(2)13(3)16(9-11)22-17(18(20)21)10-14-4-6-15(19)7-5-14/h4-9,17H,10H2,1-3H3,(H,20,21)/t17-/m0/s1. The van der Waals surface area contributed by atoms with Gasteiger partial charge in [0.2, 0.25) is 0 Å². The van der Waals surface area contributed by atoms with Crippen LogP contribution in [0.25, 0.3) is 0 Å². The maximum atomic E-state index is 12.9. The van der Waals surface area contributed by atoms with Gasteiger partial charge in [-0.1, -0.05) is 18.2 Å². The number of halogens is 1. The van der Waals surface area contributed by atoms with E-state index in [2.05, 4.69) is 0 Å². The van der Waals surface area contributed by atoms with Crippen LogP contribution in [-0.4, -0.2) is 17.2 Å². The molecular formula is C18H19FO3. The lowest BCUT2D eigenvalue weighted by molar-refractivity contribution is -0.145. The number of hydrogen-bond donors (Lipinski definition) is 1. The molecule has 0 amide bonds. The fourth-order valence-electron chi connectivity index (χ4n) is 2.29. The second kappa shape index (κ2) is 6.60. The topological polar surface area (TPSA) is 46.5 Å². The maximum Gasteiger partial charge on any atom is 0.345 e. The number of aryl methyl sites for hydroxylation is 2. The molecule has 0 bridgehead atoms. The van der Waals surface area contributed by atoms with E-state index < -0.39 is 12.1 Å². The van der Waals surface area contributed by atoms with Gasteiger partial charge in [0.15, 0.2) is 6.10 Å². The SMILES string of the molecule is Cc1cc(C)c(C)c(O[C@@H](Cc2ccc(F)cc2)C(=O)O)c1. The minimum atomic E-state index is -1.04. The van der Waals surface area contributed by atoms with E-state index >= 15 is 0 Å². The van der Waals surface area contributed by atoms with Crippen LogP contribution in [0.1, 0.15) is 22.3 Å². The van der Waals surface area contributed by atoms with Crippen molar-refractivity contribution in [1.82, 2.24) is 0 Å². The molecule has 0 saturated carbocycles. The number of carboxylic acids is 1. The summed E-state index contributed by atoms with van der Waals surface area (Å²) in [6.07, 6.45) is -0.826. The molecule has 0 heterocycles. The molecule has 2 aromatic carbocycles. The summed E-state index contributed by atoms with van der Waals surface area (Å²) in [7, 11) is 0. The molecule has 1 N–H and O–H groups in total. The minimum Gasteiger partial charge on any atom is -0.478 e. The van der Waals surface area contributed by atoms with Gasteiger partial charge < -0.3 is 9.84 Å². The van der Waals surface area contributed by atoms with E-state index in [9.17, 15) is 14.3 Å². The Labute approximate surface area is 129 Å². The van der Waals surface area contributed by atoms with Crippen molar-refractivity contribution in [2.24, 2.45) is 0 Å². The lowest BCUT2D eigenvalue weighted by atomic mass is 10.0. The predicted molar refractivity (Wildman–Crippen MR) is 82.8 cm³/mol. The van der Waals surface area contributed by atoms with Gasteiger partial charge in [-0.2, -0.15) is 0 Å². The van der Waals surface area contributed by atoms with E-state index in [1.54, 1.807) is 12.1 Å². The Morgan fingerprint density at radius 1 is 1.18 bits per heavy atom. The van der Waals surface area contributed by atoms with E-state index in [0.717, 1.165) is 22.3 Å². The van der Waals surface area contributed by atoms with Crippen molar-refractivity contribution in [3.8, 4) is 5.75 Å². The Balaban J connectivity index is 2.22. The number of aliphatic carboxylic acids is 1. The molecule has 0 aromatic heterocycles. The molecule has 0 aliphatic heterocycles. The molecule has 0 radical (unpaired) electrons. The Morgan fingerprint density at radius 2 is 1.82 bits per heavy atom. The number of carboxylic acid groups (broad SMARTS) is 1. The number of ether oxygens (including phenoxy) is 1. The molecule has 116 valence electrons. The normalized spacial score (nSPS) is 12.0. The number of carbonyl (C=O) groups is 1. The monoisotopic (exact) mass is 302 g/mol. The van der Waals surface area contributed by atoms with Crippen LogP contribution < -0.4 is 4.74 Å². The molecule has 0 fully saturated rings. The van der Waals surface area contributed by atoms with Crippen molar-refractivity contribution in [1.29, 1.82) is 0 Å². The van der Waals surface area contributed by atoms with Gasteiger partial charge in [-0.3, -0.25) is 0 Å². The van der Waals surface area contributed by atoms with Gasteiger partial charge in [0.25, 0.3) is 0 Å². The van der Waals surface area contributed by atoms with Crippen LogP contribution in [0.4, 0.5) is 4.39 Å². The van der Waals surface area contributed by atoms with Gasteiger partial charge in [0, 0.05) is 6.42 Å².